The zero-order chi connectivity index (χ0) is 23.9. The van der Waals surface area contributed by atoms with E-state index < -0.39 is 11.6 Å². The molecule has 1 aromatic carbocycles. The number of hydrogen-bond donors (Lipinski definition) is 2. The van der Waals surface area contributed by atoms with Gasteiger partial charge in [-0.1, -0.05) is 0 Å². The molecule has 1 aliphatic rings. The Morgan fingerprint density at radius 3 is 2.69 bits per heavy atom. The number of halogens is 2. The summed E-state index contributed by atoms with van der Waals surface area (Å²) in [4.78, 5) is 30.2. The summed E-state index contributed by atoms with van der Waals surface area (Å²) in [6.45, 7) is 3.70. The van der Waals surface area contributed by atoms with Crippen molar-refractivity contribution in [3.8, 4) is 5.69 Å². The predicted octanol–water partition coefficient (Wildman–Crippen LogP) is 2.73. The summed E-state index contributed by atoms with van der Waals surface area (Å²) in [6.07, 6.45) is 5.16. The summed E-state index contributed by atoms with van der Waals surface area (Å²) in [5.74, 6) is -0.184. The molecule has 35 heavy (non-hydrogen) atoms. The van der Waals surface area contributed by atoms with Gasteiger partial charge in [-0.3, -0.25) is 9.55 Å². The summed E-state index contributed by atoms with van der Waals surface area (Å²) in [6, 6.07) is 5.97. The van der Waals surface area contributed by atoms with E-state index in [1.54, 1.807) is 18.7 Å². The molecule has 0 saturated carbocycles. The molecule has 5 heterocycles. The number of aromatic amines is 1. The molecular weight excluding hydrogens is 454 g/mol. The van der Waals surface area contributed by atoms with Crippen molar-refractivity contribution in [2.75, 3.05) is 43.4 Å². The van der Waals surface area contributed by atoms with Gasteiger partial charge >= 0.3 is 0 Å². The van der Waals surface area contributed by atoms with Crippen molar-refractivity contribution < 1.29 is 8.78 Å². The fraction of sp³-hybridized carbons (Fsp3) is 0.261. The van der Waals surface area contributed by atoms with Gasteiger partial charge in [-0.15, -0.1) is 0 Å². The van der Waals surface area contributed by atoms with Crippen LogP contribution >= 0.6 is 0 Å². The number of anilines is 2. The summed E-state index contributed by atoms with van der Waals surface area (Å²) < 4.78 is 29.1. The third kappa shape index (κ3) is 4.01. The standard InChI is InChI=1S/C23H22F2N10/c1-33-5-7-34(8-6-33)23-31-21(20-22(32-23)35(13-28-20)14-3-2-4-26-11-14)27-12-19-29-17-9-15(24)16(25)10-18(17)30-19/h2-4,9-11,13H,5-8,12H2,1H3,(H,29,30)(H,27,31,32). The highest BCUT2D eigenvalue weighted by atomic mass is 19.2. The molecule has 10 nitrogen and oxygen atoms in total. The first-order chi connectivity index (χ1) is 17.0. The van der Waals surface area contributed by atoms with Crippen LogP contribution in [0.1, 0.15) is 5.82 Å². The number of nitrogens with one attached hydrogen (secondary N) is 2. The first-order valence-electron chi connectivity index (χ1n) is 11.2. The minimum Gasteiger partial charge on any atom is -0.361 e. The normalized spacial score (nSPS) is 14.8. The molecule has 0 spiro atoms. The Kier molecular flexibility index (Phi) is 5.21. The molecule has 0 radical (unpaired) electrons. The monoisotopic (exact) mass is 476 g/mol. The number of benzene rings is 1. The van der Waals surface area contributed by atoms with E-state index in [0.717, 1.165) is 44.0 Å². The third-order valence-corrected chi connectivity index (χ3v) is 6.09. The van der Waals surface area contributed by atoms with E-state index in [9.17, 15) is 8.78 Å². The highest BCUT2D eigenvalue weighted by molar-refractivity contribution is 5.85. The van der Waals surface area contributed by atoms with Crippen molar-refractivity contribution in [1.29, 1.82) is 0 Å². The van der Waals surface area contributed by atoms with Gasteiger partial charge in [0.1, 0.15) is 12.2 Å². The first kappa shape index (κ1) is 21.4. The molecule has 0 atom stereocenters. The van der Waals surface area contributed by atoms with Crippen LogP contribution in [-0.4, -0.2) is 72.6 Å². The van der Waals surface area contributed by atoms with Crippen LogP contribution in [0.25, 0.3) is 27.9 Å². The van der Waals surface area contributed by atoms with E-state index in [-0.39, 0.29) is 6.54 Å². The number of nitrogens with zero attached hydrogens (tertiary/aromatic N) is 8. The van der Waals surface area contributed by atoms with Gasteiger partial charge in [0.05, 0.1) is 29.5 Å². The number of H-pyrrole nitrogens is 1. The zero-order valence-electron chi connectivity index (χ0n) is 18.9. The van der Waals surface area contributed by atoms with Gasteiger partial charge in [-0.05, 0) is 19.2 Å². The number of piperazine rings is 1. The largest absolute Gasteiger partial charge is 0.361 e. The number of imidazole rings is 2. The number of hydrogen-bond acceptors (Lipinski definition) is 8. The van der Waals surface area contributed by atoms with Crippen LogP contribution in [0.15, 0.2) is 43.0 Å². The minimum absolute atomic E-state index is 0.256. The van der Waals surface area contributed by atoms with Gasteiger partial charge in [0.15, 0.2) is 28.6 Å². The molecule has 0 amide bonds. The van der Waals surface area contributed by atoms with Crippen LogP contribution in [-0.2, 0) is 6.54 Å². The second-order valence-electron chi connectivity index (χ2n) is 8.48. The van der Waals surface area contributed by atoms with Crippen molar-refractivity contribution in [3.05, 3.63) is 60.4 Å². The second-order valence-corrected chi connectivity index (χ2v) is 8.48. The van der Waals surface area contributed by atoms with E-state index in [2.05, 4.69) is 42.1 Å². The topological polar surface area (TPSA) is 104 Å². The fourth-order valence-corrected chi connectivity index (χ4v) is 4.15. The summed E-state index contributed by atoms with van der Waals surface area (Å²) in [7, 11) is 2.09. The van der Waals surface area contributed by atoms with Crippen molar-refractivity contribution in [2.45, 2.75) is 6.54 Å². The quantitative estimate of drug-likeness (QED) is 0.399. The Morgan fingerprint density at radius 1 is 1.06 bits per heavy atom. The van der Waals surface area contributed by atoms with E-state index in [4.69, 9.17) is 9.97 Å². The number of likely N-dealkylation sites (N-methyl/N-ethyl adjacent to an activating group) is 1. The number of aromatic nitrogens is 7. The van der Waals surface area contributed by atoms with Crippen molar-refractivity contribution in [1.82, 2.24) is 39.4 Å². The molecule has 0 aliphatic carbocycles. The van der Waals surface area contributed by atoms with Gasteiger partial charge in [0.2, 0.25) is 5.95 Å². The smallest absolute Gasteiger partial charge is 0.229 e. The van der Waals surface area contributed by atoms with E-state index in [1.165, 1.54) is 0 Å². The van der Waals surface area contributed by atoms with Gasteiger partial charge in [-0.25, -0.2) is 18.7 Å². The van der Waals surface area contributed by atoms with Gasteiger partial charge < -0.3 is 20.1 Å². The molecule has 0 unspecified atom stereocenters. The SMILES string of the molecule is CN1CCN(c2nc(NCc3nc4cc(F)c(F)cc4[nH]3)c3ncn(-c4cccnc4)c3n2)CC1. The van der Waals surface area contributed by atoms with Gasteiger partial charge in [-0.2, -0.15) is 9.97 Å². The average Bonchev–Trinajstić information content (AvgIpc) is 3.47. The van der Waals surface area contributed by atoms with E-state index in [1.807, 2.05) is 16.7 Å². The van der Waals surface area contributed by atoms with Crippen molar-refractivity contribution in [2.24, 2.45) is 0 Å². The second kappa shape index (κ2) is 8.55. The Bertz CT molecular complexity index is 1470. The highest BCUT2D eigenvalue weighted by Crippen LogP contribution is 2.26. The molecule has 6 rings (SSSR count). The summed E-state index contributed by atoms with van der Waals surface area (Å²) in [5.41, 5.74) is 2.86. The van der Waals surface area contributed by atoms with Crippen LogP contribution in [0.4, 0.5) is 20.5 Å². The zero-order valence-corrected chi connectivity index (χ0v) is 18.9. The predicted molar refractivity (Wildman–Crippen MR) is 128 cm³/mol. The maximum Gasteiger partial charge on any atom is 0.229 e. The minimum atomic E-state index is -0.932. The van der Waals surface area contributed by atoms with Crippen LogP contribution < -0.4 is 10.2 Å². The Morgan fingerprint density at radius 2 is 1.89 bits per heavy atom. The molecule has 0 bridgehead atoms. The van der Waals surface area contributed by atoms with Gasteiger partial charge in [0.25, 0.3) is 0 Å². The Labute approximate surface area is 198 Å². The van der Waals surface area contributed by atoms with Gasteiger partial charge in [0, 0.05) is 44.5 Å². The number of pyridine rings is 1. The molecule has 4 aromatic heterocycles. The molecule has 1 fully saturated rings. The van der Waals surface area contributed by atoms with E-state index >= 15 is 0 Å². The average molecular weight is 476 g/mol. The molecule has 5 aromatic rings. The molecule has 12 heteroatoms. The molecular formula is C23H22F2N10. The highest BCUT2D eigenvalue weighted by Gasteiger charge is 2.21. The lowest BCUT2D eigenvalue weighted by atomic mass is 10.3. The lowest BCUT2D eigenvalue weighted by Crippen LogP contribution is -2.45. The maximum atomic E-state index is 13.6. The Balaban J connectivity index is 1.37. The molecule has 2 N–H and O–H groups in total. The molecule has 1 aliphatic heterocycles. The lowest BCUT2D eigenvalue weighted by Gasteiger charge is -2.32. The first-order valence-corrected chi connectivity index (χ1v) is 11.2. The van der Waals surface area contributed by atoms with Crippen LogP contribution in [0.3, 0.4) is 0 Å². The van der Waals surface area contributed by atoms with E-state index in [0.29, 0.717) is 39.8 Å². The maximum absolute atomic E-state index is 13.6. The summed E-state index contributed by atoms with van der Waals surface area (Å²) in [5, 5.41) is 3.29. The van der Waals surface area contributed by atoms with Crippen LogP contribution in [0, 0.1) is 11.6 Å². The summed E-state index contributed by atoms with van der Waals surface area (Å²) >= 11 is 0. The number of fused-ring (bicyclic) bond motifs is 2. The third-order valence-electron chi connectivity index (χ3n) is 6.09. The fourth-order valence-electron chi connectivity index (χ4n) is 4.15. The number of rotatable bonds is 5. The Hall–Kier alpha value is -4.19. The molecule has 178 valence electrons. The van der Waals surface area contributed by atoms with Crippen LogP contribution in [0.5, 0.6) is 0 Å². The lowest BCUT2D eigenvalue weighted by molar-refractivity contribution is 0.311. The van der Waals surface area contributed by atoms with Crippen LogP contribution in [0.2, 0.25) is 0 Å². The van der Waals surface area contributed by atoms with Crippen molar-refractivity contribution in [3.63, 3.8) is 0 Å². The molecule has 1 saturated heterocycles. The van der Waals surface area contributed by atoms with Crippen molar-refractivity contribution >= 4 is 34.0 Å².